The SMILES string of the molecule is C#Cc1cc(-c2c(C)cc(F)cc2C)cc(C(CC(=O)O)NC(=O)C(CC(C)C)n2cc(CCN3C4CCC3COC4)c(C(F)(F)F)cc2=O)c1F. The molecule has 52 heavy (non-hydrogen) atoms. The van der Waals surface area contributed by atoms with E-state index < -0.39 is 59.3 Å². The molecule has 0 aliphatic carbocycles. The summed E-state index contributed by atoms with van der Waals surface area (Å²) in [5, 5.41) is 12.4. The highest BCUT2D eigenvalue weighted by atomic mass is 19.4. The number of aryl methyl sites for hydroxylation is 2. The maximum absolute atomic E-state index is 16.0. The van der Waals surface area contributed by atoms with Gasteiger partial charge in [-0.2, -0.15) is 13.2 Å². The second-order valence-electron chi connectivity index (χ2n) is 14.2. The number of ether oxygens (including phenoxy) is 1. The van der Waals surface area contributed by atoms with Gasteiger partial charge in [0.05, 0.1) is 36.8 Å². The van der Waals surface area contributed by atoms with E-state index in [1.165, 1.54) is 24.3 Å². The summed E-state index contributed by atoms with van der Waals surface area (Å²) in [5.74, 6) is -1.71. The third-order valence-electron chi connectivity index (χ3n) is 9.95. The van der Waals surface area contributed by atoms with Crippen molar-refractivity contribution in [2.24, 2.45) is 5.92 Å². The predicted octanol–water partition coefficient (Wildman–Crippen LogP) is 6.74. The molecule has 4 unspecified atom stereocenters. The number of aromatic nitrogens is 1. The molecule has 8 nitrogen and oxygen atoms in total. The molecule has 2 aromatic carbocycles. The molecule has 3 aromatic rings. The van der Waals surface area contributed by atoms with Crippen LogP contribution in [0.3, 0.4) is 0 Å². The van der Waals surface area contributed by atoms with Gasteiger partial charge < -0.3 is 19.7 Å². The Bertz CT molecular complexity index is 1910. The number of terminal acetylenes is 1. The Labute approximate surface area is 299 Å². The largest absolute Gasteiger partial charge is 0.481 e. The maximum Gasteiger partial charge on any atom is 0.416 e. The Hall–Kier alpha value is -4.54. The molecule has 0 radical (unpaired) electrons. The van der Waals surface area contributed by atoms with E-state index in [-0.39, 0.29) is 47.5 Å². The first-order valence-corrected chi connectivity index (χ1v) is 17.2. The zero-order chi connectivity index (χ0) is 38.1. The van der Waals surface area contributed by atoms with E-state index in [2.05, 4.69) is 16.1 Å². The molecule has 13 heteroatoms. The number of carboxylic acid groups (broad SMARTS) is 1. The van der Waals surface area contributed by atoms with E-state index in [4.69, 9.17) is 11.2 Å². The molecule has 2 aliphatic rings. The van der Waals surface area contributed by atoms with Gasteiger partial charge in [0.15, 0.2) is 0 Å². The number of pyridine rings is 1. The van der Waals surface area contributed by atoms with E-state index in [1.54, 1.807) is 27.7 Å². The van der Waals surface area contributed by atoms with E-state index in [0.29, 0.717) is 48.1 Å². The fraction of sp³-hybridized carbons (Fsp3) is 0.462. The number of carboxylic acids is 1. The van der Waals surface area contributed by atoms with Gasteiger partial charge in [0.25, 0.3) is 5.56 Å². The second kappa shape index (κ2) is 15.6. The summed E-state index contributed by atoms with van der Waals surface area (Å²) in [6.45, 7) is 8.10. The number of halogens is 5. The average Bonchev–Trinajstić information content (AvgIpc) is 3.26. The summed E-state index contributed by atoms with van der Waals surface area (Å²) in [6, 6.07) is 3.09. The number of rotatable bonds is 12. The van der Waals surface area contributed by atoms with Crippen molar-refractivity contribution in [1.29, 1.82) is 0 Å². The summed E-state index contributed by atoms with van der Waals surface area (Å²) in [6.07, 6.45) is 2.78. The van der Waals surface area contributed by atoms with E-state index in [1.807, 2.05) is 0 Å². The first kappa shape index (κ1) is 38.7. The number of amides is 1. The molecule has 2 fully saturated rings. The van der Waals surface area contributed by atoms with Crippen LogP contribution in [0, 0.1) is 43.7 Å². The third-order valence-corrected chi connectivity index (χ3v) is 9.95. The number of carbonyl (C=O) groups excluding carboxylic acids is 1. The molecule has 2 N–H and O–H groups in total. The van der Waals surface area contributed by atoms with E-state index >= 15 is 4.39 Å². The summed E-state index contributed by atoms with van der Waals surface area (Å²) in [5.41, 5.74) is -0.892. The first-order chi connectivity index (χ1) is 24.5. The Morgan fingerprint density at radius 2 is 1.69 bits per heavy atom. The van der Waals surface area contributed by atoms with Crippen molar-refractivity contribution < 1.29 is 41.4 Å². The van der Waals surface area contributed by atoms with Gasteiger partial charge in [-0.25, -0.2) is 8.78 Å². The molecule has 5 rings (SSSR count). The molecule has 278 valence electrons. The molecule has 1 aromatic heterocycles. The predicted molar refractivity (Wildman–Crippen MR) is 185 cm³/mol. The van der Waals surface area contributed by atoms with Crippen LogP contribution in [-0.4, -0.2) is 58.3 Å². The minimum Gasteiger partial charge on any atom is -0.481 e. The highest BCUT2D eigenvalue weighted by Crippen LogP contribution is 2.36. The zero-order valence-corrected chi connectivity index (χ0v) is 29.4. The highest BCUT2D eigenvalue weighted by Gasteiger charge is 2.39. The van der Waals surface area contributed by atoms with Crippen molar-refractivity contribution in [1.82, 2.24) is 14.8 Å². The van der Waals surface area contributed by atoms with Crippen molar-refractivity contribution in [2.45, 2.75) is 90.1 Å². The van der Waals surface area contributed by atoms with Crippen molar-refractivity contribution in [3.8, 4) is 23.5 Å². The number of hydrogen-bond acceptors (Lipinski definition) is 5. The molecular formula is C39H42F5N3O5. The van der Waals surface area contributed by atoms with Gasteiger partial charge in [-0.1, -0.05) is 19.8 Å². The van der Waals surface area contributed by atoms with Crippen LogP contribution >= 0.6 is 0 Å². The number of fused-ring (bicyclic) bond motifs is 2. The fourth-order valence-corrected chi connectivity index (χ4v) is 7.62. The number of alkyl halides is 3. The number of aliphatic carboxylic acids is 1. The Balaban J connectivity index is 1.55. The topological polar surface area (TPSA) is 101 Å². The molecule has 0 saturated carbocycles. The monoisotopic (exact) mass is 727 g/mol. The second-order valence-corrected chi connectivity index (χ2v) is 14.2. The van der Waals surface area contributed by atoms with Gasteiger partial charge in [-0.3, -0.25) is 19.3 Å². The number of benzene rings is 2. The lowest BCUT2D eigenvalue weighted by Crippen LogP contribution is -2.46. The third kappa shape index (κ3) is 8.40. The lowest BCUT2D eigenvalue weighted by molar-refractivity contribution is -0.139. The molecule has 2 saturated heterocycles. The van der Waals surface area contributed by atoms with Gasteiger partial charge >= 0.3 is 12.1 Å². The summed E-state index contributed by atoms with van der Waals surface area (Å²) >= 11 is 0. The van der Waals surface area contributed by atoms with Gasteiger partial charge in [0.2, 0.25) is 5.91 Å². The van der Waals surface area contributed by atoms with Crippen LogP contribution < -0.4 is 10.9 Å². The van der Waals surface area contributed by atoms with Gasteiger partial charge in [0, 0.05) is 36.5 Å². The Kier molecular flexibility index (Phi) is 11.6. The van der Waals surface area contributed by atoms with E-state index in [0.717, 1.165) is 23.6 Å². The average molecular weight is 728 g/mol. The molecule has 3 heterocycles. The summed E-state index contributed by atoms with van der Waals surface area (Å²) < 4.78 is 79.5. The number of carbonyl (C=O) groups is 2. The van der Waals surface area contributed by atoms with Crippen molar-refractivity contribution in [3.63, 3.8) is 0 Å². The minimum atomic E-state index is -4.83. The number of morpholine rings is 1. The van der Waals surface area contributed by atoms with Crippen molar-refractivity contribution >= 4 is 11.9 Å². The quantitative estimate of drug-likeness (QED) is 0.159. The van der Waals surface area contributed by atoms with Gasteiger partial charge in [-0.15, -0.1) is 6.42 Å². The zero-order valence-electron chi connectivity index (χ0n) is 29.4. The lowest BCUT2D eigenvalue weighted by atomic mass is 9.90. The number of hydrogen-bond donors (Lipinski definition) is 2. The normalized spacial score (nSPS) is 18.6. The van der Waals surface area contributed by atoms with E-state index in [9.17, 15) is 37.1 Å². The maximum atomic E-state index is 16.0. The molecule has 1 amide bonds. The van der Waals surface area contributed by atoms with Gasteiger partial charge in [-0.05, 0) is 97.5 Å². The van der Waals surface area contributed by atoms with Crippen LogP contribution in [0.25, 0.3) is 11.1 Å². The van der Waals surface area contributed by atoms with Crippen LogP contribution in [0.5, 0.6) is 0 Å². The molecule has 2 bridgehead atoms. The standard InChI is InChI=1S/C39H42F5N3O5/c1-6-24-14-26(36-22(4)12-27(40)13-23(36)5)15-30(37(24)41)32(17-35(49)50)45-38(51)33(11-21(2)3)47-18-25(31(16-34(47)48)39(42,43)44)9-10-46-28-7-8-29(46)20-52-19-28/h1,12-16,18,21,28-29,32-33H,7-11,17,19-20H2,2-5H3,(H,45,51)(H,49,50). The van der Waals surface area contributed by atoms with Crippen LogP contribution in [0.1, 0.15) is 85.0 Å². The molecule has 4 atom stereocenters. The molecular weight excluding hydrogens is 685 g/mol. The van der Waals surface area contributed by atoms with Crippen molar-refractivity contribution in [3.05, 3.63) is 91.9 Å². The van der Waals surface area contributed by atoms with Gasteiger partial charge in [0.1, 0.15) is 17.7 Å². The summed E-state index contributed by atoms with van der Waals surface area (Å²) in [7, 11) is 0. The Morgan fingerprint density at radius 1 is 1.06 bits per heavy atom. The highest BCUT2D eigenvalue weighted by molar-refractivity contribution is 5.82. The molecule has 0 spiro atoms. The minimum absolute atomic E-state index is 0.00392. The lowest BCUT2D eigenvalue weighted by Gasteiger charge is -2.34. The van der Waals surface area contributed by atoms with Crippen LogP contribution in [0.2, 0.25) is 0 Å². The van der Waals surface area contributed by atoms with Crippen LogP contribution in [-0.2, 0) is 26.9 Å². The van der Waals surface area contributed by atoms with Crippen LogP contribution in [0.4, 0.5) is 22.0 Å². The summed E-state index contributed by atoms with van der Waals surface area (Å²) in [4.78, 5) is 41.8. The smallest absolute Gasteiger partial charge is 0.416 e. The first-order valence-electron chi connectivity index (χ1n) is 17.2. The number of nitrogens with zero attached hydrogens (tertiary/aromatic N) is 2. The Morgan fingerprint density at radius 3 is 2.25 bits per heavy atom. The molecule has 2 aliphatic heterocycles. The van der Waals surface area contributed by atoms with Crippen LogP contribution in [0.15, 0.2) is 41.3 Å². The number of nitrogens with one attached hydrogen (secondary N) is 1. The fourth-order valence-electron chi connectivity index (χ4n) is 7.62. The van der Waals surface area contributed by atoms with Crippen molar-refractivity contribution in [2.75, 3.05) is 19.8 Å².